The number of rotatable bonds is 6. The molecule has 1 N–H and O–H groups in total. The fraction of sp³-hybridized carbons (Fsp3) is 0.600. The number of hydrogen-bond donors (Lipinski definition) is 1. The highest BCUT2D eigenvalue weighted by Crippen LogP contribution is 2.25. The lowest BCUT2D eigenvalue weighted by Gasteiger charge is -2.26. The SMILES string of the molecule is CCNCc1ccc(S(=O)(=O)N(C)CC(C)(C)C)cc1Cl. The molecule has 0 aliphatic carbocycles. The Balaban J connectivity index is 3.01. The summed E-state index contributed by atoms with van der Waals surface area (Å²) in [6.45, 7) is 9.95. The van der Waals surface area contributed by atoms with Gasteiger partial charge in [-0.1, -0.05) is 45.4 Å². The van der Waals surface area contributed by atoms with Crippen molar-refractivity contribution in [2.75, 3.05) is 20.1 Å². The fourth-order valence-corrected chi connectivity index (χ4v) is 3.76. The molecular formula is C15H25ClN2O2S. The Morgan fingerprint density at radius 1 is 1.29 bits per heavy atom. The van der Waals surface area contributed by atoms with Crippen LogP contribution in [0.1, 0.15) is 33.3 Å². The molecule has 4 nitrogen and oxygen atoms in total. The van der Waals surface area contributed by atoms with Crippen molar-refractivity contribution < 1.29 is 8.42 Å². The van der Waals surface area contributed by atoms with Crippen LogP contribution in [0.15, 0.2) is 23.1 Å². The van der Waals surface area contributed by atoms with Crippen molar-refractivity contribution in [3.63, 3.8) is 0 Å². The second kappa shape index (κ2) is 7.09. The van der Waals surface area contributed by atoms with E-state index in [1.807, 2.05) is 27.7 Å². The fourth-order valence-electron chi connectivity index (χ4n) is 2.02. The molecule has 120 valence electrons. The van der Waals surface area contributed by atoms with Crippen molar-refractivity contribution in [3.8, 4) is 0 Å². The molecule has 0 atom stereocenters. The van der Waals surface area contributed by atoms with Gasteiger partial charge in [-0.05, 0) is 29.7 Å². The van der Waals surface area contributed by atoms with Gasteiger partial charge >= 0.3 is 0 Å². The minimum Gasteiger partial charge on any atom is -0.313 e. The molecule has 0 aliphatic heterocycles. The third kappa shape index (κ3) is 5.25. The summed E-state index contributed by atoms with van der Waals surface area (Å²) < 4.78 is 26.5. The Morgan fingerprint density at radius 3 is 2.38 bits per heavy atom. The number of halogens is 1. The second-order valence-electron chi connectivity index (χ2n) is 6.36. The maximum Gasteiger partial charge on any atom is 0.242 e. The average Bonchev–Trinajstić information content (AvgIpc) is 2.35. The monoisotopic (exact) mass is 332 g/mol. The van der Waals surface area contributed by atoms with E-state index >= 15 is 0 Å². The van der Waals surface area contributed by atoms with Gasteiger partial charge in [0.15, 0.2) is 0 Å². The van der Waals surface area contributed by atoms with Gasteiger partial charge in [-0.25, -0.2) is 12.7 Å². The average molecular weight is 333 g/mol. The number of nitrogens with zero attached hydrogens (tertiary/aromatic N) is 1. The second-order valence-corrected chi connectivity index (χ2v) is 8.81. The van der Waals surface area contributed by atoms with Gasteiger partial charge in [0.1, 0.15) is 0 Å². The molecule has 0 aliphatic rings. The summed E-state index contributed by atoms with van der Waals surface area (Å²) in [6, 6.07) is 4.92. The Bertz CT molecular complexity index is 580. The molecule has 0 saturated heterocycles. The zero-order valence-corrected chi connectivity index (χ0v) is 15.0. The Labute approximate surface area is 133 Å². The molecule has 0 heterocycles. The Kier molecular flexibility index (Phi) is 6.23. The molecule has 0 aromatic heterocycles. The first-order valence-corrected chi connectivity index (χ1v) is 8.85. The summed E-state index contributed by atoms with van der Waals surface area (Å²) in [5, 5.41) is 3.65. The van der Waals surface area contributed by atoms with Crippen molar-refractivity contribution >= 4 is 21.6 Å². The molecule has 0 fully saturated rings. The van der Waals surface area contributed by atoms with Crippen LogP contribution in [-0.4, -0.2) is 32.9 Å². The van der Waals surface area contributed by atoms with E-state index in [0.717, 1.165) is 12.1 Å². The predicted molar refractivity (Wildman–Crippen MR) is 88.1 cm³/mol. The van der Waals surface area contributed by atoms with E-state index in [9.17, 15) is 8.42 Å². The molecule has 0 unspecified atom stereocenters. The van der Waals surface area contributed by atoms with Gasteiger partial charge in [0.2, 0.25) is 10.0 Å². The maximum absolute atomic E-state index is 12.5. The first-order chi connectivity index (χ1) is 9.58. The topological polar surface area (TPSA) is 49.4 Å². The molecule has 0 bridgehead atoms. The number of nitrogens with one attached hydrogen (secondary N) is 1. The van der Waals surface area contributed by atoms with Gasteiger partial charge in [0.05, 0.1) is 4.90 Å². The first-order valence-electron chi connectivity index (χ1n) is 7.03. The molecule has 0 saturated carbocycles. The molecule has 1 rings (SSSR count). The lowest BCUT2D eigenvalue weighted by atomic mass is 9.97. The highest BCUT2D eigenvalue weighted by Gasteiger charge is 2.25. The van der Waals surface area contributed by atoms with Crippen LogP contribution in [0, 0.1) is 5.41 Å². The molecule has 0 radical (unpaired) electrons. The summed E-state index contributed by atoms with van der Waals surface area (Å²) in [6.07, 6.45) is 0. The highest BCUT2D eigenvalue weighted by molar-refractivity contribution is 7.89. The standard InChI is InChI=1S/C15H25ClN2O2S/c1-6-17-10-12-7-8-13(9-14(12)16)21(19,20)18(5)11-15(2,3)4/h7-9,17H,6,10-11H2,1-5H3. The molecule has 6 heteroatoms. The van der Waals surface area contributed by atoms with Gasteiger partial charge in [0.25, 0.3) is 0 Å². The van der Waals surface area contributed by atoms with E-state index in [4.69, 9.17) is 11.6 Å². The zero-order valence-electron chi connectivity index (χ0n) is 13.4. The van der Waals surface area contributed by atoms with Crippen LogP contribution in [0.3, 0.4) is 0 Å². The summed E-state index contributed by atoms with van der Waals surface area (Å²) >= 11 is 6.19. The van der Waals surface area contributed by atoms with E-state index in [2.05, 4.69) is 5.32 Å². The molecular weight excluding hydrogens is 308 g/mol. The molecule has 21 heavy (non-hydrogen) atoms. The maximum atomic E-state index is 12.5. The quantitative estimate of drug-likeness (QED) is 0.870. The van der Waals surface area contributed by atoms with E-state index in [1.165, 1.54) is 10.4 Å². The largest absolute Gasteiger partial charge is 0.313 e. The van der Waals surface area contributed by atoms with Crippen LogP contribution in [0.2, 0.25) is 5.02 Å². The van der Waals surface area contributed by atoms with E-state index < -0.39 is 10.0 Å². The number of benzene rings is 1. The molecule has 1 aromatic rings. The summed E-state index contributed by atoms with van der Waals surface area (Å²) in [4.78, 5) is 0.236. The number of hydrogen-bond acceptors (Lipinski definition) is 3. The summed E-state index contributed by atoms with van der Waals surface area (Å²) in [7, 11) is -1.91. The van der Waals surface area contributed by atoms with E-state index in [0.29, 0.717) is 18.1 Å². The smallest absolute Gasteiger partial charge is 0.242 e. The van der Waals surface area contributed by atoms with Crippen LogP contribution in [0.5, 0.6) is 0 Å². The molecule has 1 aromatic carbocycles. The van der Waals surface area contributed by atoms with E-state index in [1.54, 1.807) is 19.2 Å². The lowest BCUT2D eigenvalue weighted by Crippen LogP contribution is -2.34. The molecule has 0 spiro atoms. The zero-order chi connectivity index (χ0) is 16.3. The van der Waals surface area contributed by atoms with Crippen molar-refractivity contribution in [2.45, 2.75) is 39.1 Å². The summed E-state index contributed by atoms with van der Waals surface area (Å²) in [5.74, 6) is 0. The van der Waals surface area contributed by atoms with Crippen molar-refractivity contribution in [2.24, 2.45) is 5.41 Å². The van der Waals surface area contributed by atoms with Gasteiger partial charge in [-0.3, -0.25) is 0 Å². The van der Waals surface area contributed by atoms with Crippen LogP contribution < -0.4 is 5.32 Å². The van der Waals surface area contributed by atoms with Gasteiger partial charge in [-0.2, -0.15) is 0 Å². The summed E-state index contributed by atoms with van der Waals surface area (Å²) in [5.41, 5.74) is 0.798. The van der Waals surface area contributed by atoms with Gasteiger partial charge in [-0.15, -0.1) is 0 Å². The first kappa shape index (κ1) is 18.4. The van der Waals surface area contributed by atoms with Crippen LogP contribution in [-0.2, 0) is 16.6 Å². The number of sulfonamides is 1. The lowest BCUT2D eigenvalue weighted by molar-refractivity contribution is 0.311. The molecule has 0 amide bonds. The normalized spacial score (nSPS) is 12.9. The van der Waals surface area contributed by atoms with Crippen molar-refractivity contribution in [1.29, 1.82) is 0 Å². The highest BCUT2D eigenvalue weighted by atomic mass is 35.5. The Morgan fingerprint density at radius 2 is 1.90 bits per heavy atom. The third-order valence-electron chi connectivity index (χ3n) is 3.00. The minimum atomic E-state index is -3.50. The minimum absolute atomic E-state index is 0.101. The third-order valence-corrected chi connectivity index (χ3v) is 5.15. The van der Waals surface area contributed by atoms with Crippen molar-refractivity contribution in [1.82, 2.24) is 9.62 Å². The Hall–Kier alpha value is -0.620. The predicted octanol–water partition coefficient (Wildman–Crippen LogP) is 3.12. The van der Waals surface area contributed by atoms with Crippen LogP contribution in [0.25, 0.3) is 0 Å². The van der Waals surface area contributed by atoms with Gasteiger partial charge < -0.3 is 5.32 Å². The van der Waals surface area contributed by atoms with Crippen molar-refractivity contribution in [3.05, 3.63) is 28.8 Å². The van der Waals surface area contributed by atoms with Crippen LogP contribution >= 0.6 is 11.6 Å². The van der Waals surface area contributed by atoms with E-state index in [-0.39, 0.29) is 10.3 Å². The van der Waals surface area contributed by atoms with Crippen LogP contribution in [0.4, 0.5) is 0 Å². The van der Waals surface area contributed by atoms with Gasteiger partial charge in [0, 0.05) is 25.2 Å².